The maximum atomic E-state index is 14.9. The number of benzene rings is 2. The quantitative estimate of drug-likeness (QED) is 0.379. The summed E-state index contributed by atoms with van der Waals surface area (Å²) in [4.78, 5) is 34.9. The summed E-state index contributed by atoms with van der Waals surface area (Å²) in [6.45, 7) is 6.82. The average Bonchev–Trinajstić information content (AvgIpc) is 2.89. The molecular weight excluding hydrogens is 514 g/mol. The van der Waals surface area contributed by atoms with Crippen LogP contribution in [0.3, 0.4) is 0 Å². The number of aromatic nitrogens is 2. The Bertz CT molecular complexity index is 1340. The lowest BCUT2D eigenvalue weighted by molar-refractivity contribution is -0.129. The lowest BCUT2D eigenvalue weighted by Crippen LogP contribution is -2.48. The Morgan fingerprint density at radius 3 is 2.45 bits per heavy atom. The number of anilines is 4. The molecule has 0 saturated carbocycles. The van der Waals surface area contributed by atoms with E-state index in [0.29, 0.717) is 38.5 Å². The van der Waals surface area contributed by atoms with Crippen molar-refractivity contribution in [3.63, 3.8) is 0 Å². The van der Waals surface area contributed by atoms with E-state index in [1.807, 2.05) is 24.3 Å². The van der Waals surface area contributed by atoms with Crippen LogP contribution in [0.4, 0.5) is 31.9 Å². The molecule has 1 aliphatic heterocycles. The number of amides is 1. The van der Waals surface area contributed by atoms with Crippen LogP contribution >= 0.6 is 11.6 Å². The molecule has 0 radical (unpaired) electrons. The van der Waals surface area contributed by atoms with Crippen molar-refractivity contribution in [3.05, 3.63) is 83.0 Å². The van der Waals surface area contributed by atoms with E-state index in [9.17, 15) is 18.4 Å². The van der Waals surface area contributed by atoms with Crippen LogP contribution in [0.2, 0.25) is 5.02 Å². The van der Waals surface area contributed by atoms with Crippen LogP contribution in [0.25, 0.3) is 0 Å². The van der Waals surface area contributed by atoms with Gasteiger partial charge in [0.15, 0.2) is 23.2 Å². The first-order chi connectivity index (χ1) is 18.2. The minimum Gasteiger partial charge on any atom is -0.365 e. The summed E-state index contributed by atoms with van der Waals surface area (Å²) in [5.74, 6) is -1.16. The Morgan fingerprint density at radius 1 is 1.11 bits per heavy atom. The van der Waals surface area contributed by atoms with E-state index in [1.54, 1.807) is 9.80 Å². The first-order valence-corrected chi connectivity index (χ1v) is 12.4. The van der Waals surface area contributed by atoms with Gasteiger partial charge in [0.25, 0.3) is 0 Å². The second-order valence-electron chi connectivity index (χ2n) is 8.82. The fourth-order valence-electron chi connectivity index (χ4n) is 4.17. The topological polar surface area (TPSA) is 90.5 Å². The molecule has 38 heavy (non-hydrogen) atoms. The number of hydrogen-bond acceptors (Lipinski definition) is 7. The maximum absolute atomic E-state index is 14.9. The SMILES string of the molecule is C=CC(=O)Cc1cccc(CNc2nc(Nc3cc(F)c(N4CCN(C(C)=O)CC4)c(F)c3)ncc2Cl)c1. The lowest BCUT2D eigenvalue weighted by atomic mass is 10.1. The number of nitrogens with zero attached hydrogens (tertiary/aromatic N) is 4. The molecule has 11 heteroatoms. The number of carbonyl (C=O) groups excluding carboxylic acids is 2. The van der Waals surface area contributed by atoms with Gasteiger partial charge in [-0.3, -0.25) is 9.59 Å². The predicted octanol–water partition coefficient (Wildman–Crippen LogP) is 4.73. The molecule has 1 saturated heterocycles. The molecule has 2 aromatic carbocycles. The highest BCUT2D eigenvalue weighted by molar-refractivity contribution is 6.32. The van der Waals surface area contributed by atoms with Crippen molar-refractivity contribution in [1.82, 2.24) is 14.9 Å². The number of halogens is 3. The maximum Gasteiger partial charge on any atom is 0.229 e. The summed E-state index contributed by atoms with van der Waals surface area (Å²) >= 11 is 6.25. The van der Waals surface area contributed by atoms with Gasteiger partial charge in [0.05, 0.1) is 6.20 Å². The lowest BCUT2D eigenvalue weighted by Gasteiger charge is -2.35. The molecule has 0 spiro atoms. The van der Waals surface area contributed by atoms with Crippen molar-refractivity contribution in [1.29, 1.82) is 0 Å². The van der Waals surface area contributed by atoms with Gasteiger partial charge in [-0.1, -0.05) is 42.4 Å². The number of rotatable bonds is 9. The van der Waals surface area contributed by atoms with Gasteiger partial charge in [0.1, 0.15) is 10.7 Å². The molecule has 0 bridgehead atoms. The second kappa shape index (κ2) is 12.0. The Balaban J connectivity index is 1.44. The van der Waals surface area contributed by atoms with Gasteiger partial charge in [0, 0.05) is 51.8 Å². The molecule has 1 aromatic heterocycles. The van der Waals surface area contributed by atoms with Crippen molar-refractivity contribution in [2.75, 3.05) is 41.7 Å². The number of allylic oxidation sites excluding steroid dienone is 1. The number of nitrogens with one attached hydrogen (secondary N) is 2. The Hall–Kier alpha value is -4.05. The average molecular weight is 541 g/mol. The first kappa shape index (κ1) is 27.0. The molecule has 0 unspecified atom stereocenters. The van der Waals surface area contributed by atoms with E-state index in [2.05, 4.69) is 27.2 Å². The zero-order chi connectivity index (χ0) is 27.2. The van der Waals surface area contributed by atoms with E-state index in [-0.39, 0.29) is 40.5 Å². The van der Waals surface area contributed by atoms with Crippen molar-refractivity contribution < 1.29 is 18.4 Å². The molecule has 0 aliphatic carbocycles. The third-order valence-electron chi connectivity index (χ3n) is 6.12. The molecule has 1 amide bonds. The molecule has 2 heterocycles. The molecular formula is C27H27ClF2N6O2. The van der Waals surface area contributed by atoms with Crippen molar-refractivity contribution in [2.24, 2.45) is 0 Å². The molecule has 2 N–H and O–H groups in total. The van der Waals surface area contributed by atoms with E-state index in [4.69, 9.17) is 11.6 Å². The Morgan fingerprint density at radius 2 is 1.79 bits per heavy atom. The molecule has 3 aromatic rings. The number of ketones is 1. The van der Waals surface area contributed by atoms with Gasteiger partial charge >= 0.3 is 0 Å². The standard InChI is InChI=1S/C27H27ClF2N6O2/c1-3-21(38)12-18-5-4-6-19(11-18)15-31-26-22(28)16-32-27(34-26)33-20-13-23(29)25(24(30)14-20)36-9-7-35(8-10-36)17(2)37/h3-6,11,13-14,16H,1,7-10,12,15H2,2H3,(H2,31,32,33,34). The highest BCUT2D eigenvalue weighted by atomic mass is 35.5. The second-order valence-corrected chi connectivity index (χ2v) is 9.22. The largest absolute Gasteiger partial charge is 0.365 e. The van der Waals surface area contributed by atoms with Crippen LogP contribution < -0.4 is 15.5 Å². The van der Waals surface area contributed by atoms with Gasteiger partial charge in [-0.2, -0.15) is 4.98 Å². The van der Waals surface area contributed by atoms with E-state index >= 15 is 0 Å². The third kappa shape index (κ3) is 6.63. The van der Waals surface area contributed by atoms with Gasteiger partial charge in [-0.15, -0.1) is 0 Å². The molecule has 1 aliphatic rings. The van der Waals surface area contributed by atoms with Gasteiger partial charge < -0.3 is 20.4 Å². The summed E-state index contributed by atoms with van der Waals surface area (Å²) in [7, 11) is 0. The smallest absolute Gasteiger partial charge is 0.229 e. The zero-order valence-electron chi connectivity index (χ0n) is 20.8. The van der Waals surface area contributed by atoms with Crippen LogP contribution in [0.15, 0.2) is 55.3 Å². The number of piperazine rings is 1. The summed E-state index contributed by atoms with van der Waals surface area (Å²) < 4.78 is 29.9. The van der Waals surface area contributed by atoms with E-state index in [0.717, 1.165) is 11.1 Å². The normalized spacial score (nSPS) is 13.3. The Kier molecular flexibility index (Phi) is 8.52. The van der Waals surface area contributed by atoms with Crippen LogP contribution in [-0.4, -0.2) is 52.7 Å². The minimum absolute atomic E-state index is 0.0597. The van der Waals surface area contributed by atoms with Crippen LogP contribution in [0.5, 0.6) is 0 Å². The third-order valence-corrected chi connectivity index (χ3v) is 6.39. The molecule has 4 rings (SSSR count). The highest BCUT2D eigenvalue weighted by Gasteiger charge is 2.24. The van der Waals surface area contributed by atoms with E-state index < -0.39 is 11.6 Å². The summed E-state index contributed by atoms with van der Waals surface area (Å²) in [6.07, 6.45) is 2.94. The fraction of sp³-hybridized carbons (Fsp3) is 0.259. The monoisotopic (exact) mass is 540 g/mol. The fourth-order valence-corrected chi connectivity index (χ4v) is 4.33. The minimum atomic E-state index is -0.731. The first-order valence-electron chi connectivity index (χ1n) is 12.0. The van der Waals surface area contributed by atoms with Gasteiger partial charge in [-0.05, 0) is 29.3 Å². The van der Waals surface area contributed by atoms with Crippen molar-refractivity contribution in [2.45, 2.75) is 19.9 Å². The van der Waals surface area contributed by atoms with Crippen LogP contribution in [0.1, 0.15) is 18.1 Å². The summed E-state index contributed by atoms with van der Waals surface area (Å²) in [5.41, 5.74) is 1.78. The molecule has 1 fully saturated rings. The number of carbonyl (C=O) groups is 2. The van der Waals surface area contributed by atoms with Crippen LogP contribution in [0, 0.1) is 11.6 Å². The molecule has 8 nitrogen and oxygen atoms in total. The van der Waals surface area contributed by atoms with Gasteiger partial charge in [0.2, 0.25) is 11.9 Å². The highest BCUT2D eigenvalue weighted by Crippen LogP contribution is 2.30. The Labute approximate surface area is 224 Å². The zero-order valence-corrected chi connectivity index (χ0v) is 21.6. The summed E-state index contributed by atoms with van der Waals surface area (Å²) in [5, 5.41) is 6.22. The summed E-state index contributed by atoms with van der Waals surface area (Å²) in [6, 6.07) is 9.87. The predicted molar refractivity (Wildman–Crippen MR) is 144 cm³/mol. The molecule has 0 atom stereocenters. The van der Waals surface area contributed by atoms with E-state index in [1.165, 1.54) is 31.3 Å². The number of hydrogen-bond donors (Lipinski definition) is 2. The van der Waals surface area contributed by atoms with Gasteiger partial charge in [-0.25, -0.2) is 13.8 Å². The van der Waals surface area contributed by atoms with Crippen molar-refractivity contribution in [3.8, 4) is 0 Å². The van der Waals surface area contributed by atoms with Crippen molar-refractivity contribution >= 4 is 46.4 Å². The molecule has 198 valence electrons. The van der Waals surface area contributed by atoms with Crippen LogP contribution in [-0.2, 0) is 22.6 Å².